The molecular weight excluding hydrogens is 316 g/mol. The summed E-state index contributed by atoms with van der Waals surface area (Å²) in [5.41, 5.74) is -0.529. The summed E-state index contributed by atoms with van der Waals surface area (Å²) in [5.74, 6) is -1.21. The molecule has 2 rings (SSSR count). The zero-order chi connectivity index (χ0) is 18.1. The topological polar surface area (TPSA) is 52.6 Å². The molecule has 2 aromatic rings. The van der Waals surface area contributed by atoms with Crippen molar-refractivity contribution in [3.05, 3.63) is 71.8 Å². The molecule has 0 saturated heterocycles. The standard InChI is InChI=1S/C21H24O4/c1-3-15-24-19(22)21(20(23)25-16-4-2,17-11-7-5-8-12-17)18-13-9-6-10-14-18/h5-14H,3-4,15-16H2,1-2H3. The van der Waals surface area contributed by atoms with Crippen molar-refractivity contribution in [3.63, 3.8) is 0 Å². The maximum atomic E-state index is 13.1. The number of ether oxygens (including phenoxy) is 2. The Morgan fingerprint density at radius 2 is 1.08 bits per heavy atom. The molecule has 0 amide bonds. The van der Waals surface area contributed by atoms with E-state index < -0.39 is 17.4 Å². The quantitative estimate of drug-likeness (QED) is 0.540. The van der Waals surface area contributed by atoms with Crippen LogP contribution in [0.1, 0.15) is 37.8 Å². The summed E-state index contributed by atoms with van der Waals surface area (Å²) < 4.78 is 10.9. The molecule has 0 spiro atoms. The lowest BCUT2D eigenvalue weighted by molar-refractivity contribution is -0.163. The molecule has 0 atom stereocenters. The van der Waals surface area contributed by atoms with Gasteiger partial charge in [0, 0.05) is 0 Å². The van der Waals surface area contributed by atoms with Crippen LogP contribution in [0.4, 0.5) is 0 Å². The average molecular weight is 340 g/mol. The summed E-state index contributed by atoms with van der Waals surface area (Å²) >= 11 is 0. The first-order valence-electron chi connectivity index (χ1n) is 8.63. The van der Waals surface area contributed by atoms with E-state index >= 15 is 0 Å². The van der Waals surface area contributed by atoms with E-state index in [9.17, 15) is 9.59 Å². The Bertz CT molecular complexity index is 618. The summed E-state index contributed by atoms with van der Waals surface area (Å²) in [5, 5.41) is 0. The molecule has 0 radical (unpaired) electrons. The fourth-order valence-corrected chi connectivity index (χ4v) is 2.70. The van der Waals surface area contributed by atoms with Gasteiger partial charge in [-0.25, -0.2) is 0 Å². The third-order valence-corrected chi connectivity index (χ3v) is 3.90. The number of esters is 2. The van der Waals surface area contributed by atoms with Crippen molar-refractivity contribution >= 4 is 11.9 Å². The van der Waals surface area contributed by atoms with Crippen LogP contribution >= 0.6 is 0 Å². The third-order valence-electron chi connectivity index (χ3n) is 3.90. The van der Waals surface area contributed by atoms with Gasteiger partial charge in [-0.2, -0.15) is 0 Å². The van der Waals surface area contributed by atoms with E-state index in [2.05, 4.69) is 0 Å². The van der Waals surface area contributed by atoms with E-state index in [1.54, 1.807) is 48.5 Å². The summed E-state index contributed by atoms with van der Waals surface area (Å²) in [4.78, 5) is 26.2. The van der Waals surface area contributed by atoms with Gasteiger partial charge in [0.05, 0.1) is 13.2 Å². The molecule has 25 heavy (non-hydrogen) atoms. The first-order chi connectivity index (χ1) is 12.2. The van der Waals surface area contributed by atoms with Gasteiger partial charge in [-0.1, -0.05) is 74.5 Å². The molecule has 132 valence electrons. The van der Waals surface area contributed by atoms with Crippen LogP contribution in [0.2, 0.25) is 0 Å². The van der Waals surface area contributed by atoms with E-state index in [1.807, 2.05) is 26.0 Å². The molecule has 0 N–H and O–H groups in total. The van der Waals surface area contributed by atoms with Crippen LogP contribution < -0.4 is 0 Å². The van der Waals surface area contributed by atoms with E-state index in [1.165, 1.54) is 0 Å². The molecule has 0 aliphatic rings. The number of benzene rings is 2. The van der Waals surface area contributed by atoms with Gasteiger partial charge in [0.15, 0.2) is 0 Å². The lowest BCUT2D eigenvalue weighted by atomic mass is 9.74. The summed E-state index contributed by atoms with van der Waals surface area (Å²) in [6, 6.07) is 17.9. The molecule has 2 aromatic carbocycles. The van der Waals surface area contributed by atoms with Crippen molar-refractivity contribution < 1.29 is 19.1 Å². The summed E-state index contributed by atoms with van der Waals surface area (Å²) in [6.45, 7) is 4.33. The van der Waals surface area contributed by atoms with Gasteiger partial charge in [0.1, 0.15) is 0 Å². The highest BCUT2D eigenvalue weighted by atomic mass is 16.6. The van der Waals surface area contributed by atoms with Crippen LogP contribution in [-0.2, 0) is 24.5 Å². The molecule has 0 bridgehead atoms. The third kappa shape index (κ3) is 3.90. The van der Waals surface area contributed by atoms with Gasteiger partial charge in [-0.15, -0.1) is 0 Å². The number of hydrogen-bond acceptors (Lipinski definition) is 4. The van der Waals surface area contributed by atoms with Crippen molar-refractivity contribution in [1.82, 2.24) is 0 Å². The average Bonchev–Trinajstić information content (AvgIpc) is 2.67. The fraction of sp³-hybridized carbons (Fsp3) is 0.333. The second-order valence-corrected chi connectivity index (χ2v) is 5.75. The Kier molecular flexibility index (Phi) is 6.75. The van der Waals surface area contributed by atoms with Crippen LogP contribution in [-0.4, -0.2) is 25.2 Å². The number of carbonyl (C=O) groups is 2. The monoisotopic (exact) mass is 340 g/mol. The van der Waals surface area contributed by atoms with E-state index in [4.69, 9.17) is 9.47 Å². The minimum atomic E-state index is -1.62. The highest BCUT2D eigenvalue weighted by Crippen LogP contribution is 2.35. The second-order valence-electron chi connectivity index (χ2n) is 5.75. The predicted molar refractivity (Wildman–Crippen MR) is 96.2 cm³/mol. The second kappa shape index (κ2) is 9.02. The Morgan fingerprint density at radius 3 is 1.40 bits per heavy atom. The first-order valence-corrected chi connectivity index (χ1v) is 8.63. The molecule has 4 nitrogen and oxygen atoms in total. The Balaban J connectivity index is 2.64. The van der Waals surface area contributed by atoms with Gasteiger partial charge in [0.2, 0.25) is 5.41 Å². The number of hydrogen-bond donors (Lipinski definition) is 0. The molecule has 4 heteroatoms. The van der Waals surface area contributed by atoms with Crippen molar-refractivity contribution in [2.75, 3.05) is 13.2 Å². The molecule has 0 aliphatic heterocycles. The first kappa shape index (κ1) is 18.7. The lowest BCUT2D eigenvalue weighted by Gasteiger charge is -2.30. The molecule has 0 aromatic heterocycles. The van der Waals surface area contributed by atoms with Crippen LogP contribution in [0.5, 0.6) is 0 Å². The fourth-order valence-electron chi connectivity index (χ4n) is 2.70. The summed E-state index contributed by atoms with van der Waals surface area (Å²) in [6.07, 6.45) is 1.35. The van der Waals surface area contributed by atoms with Crippen LogP contribution in [0.3, 0.4) is 0 Å². The minimum absolute atomic E-state index is 0.251. The van der Waals surface area contributed by atoms with Gasteiger partial charge in [0.25, 0.3) is 0 Å². The molecule has 0 heterocycles. The van der Waals surface area contributed by atoms with Gasteiger partial charge >= 0.3 is 11.9 Å². The number of carbonyl (C=O) groups excluding carboxylic acids is 2. The molecule has 0 saturated carbocycles. The zero-order valence-electron chi connectivity index (χ0n) is 14.7. The Morgan fingerprint density at radius 1 is 0.720 bits per heavy atom. The molecule has 0 fully saturated rings. The van der Waals surface area contributed by atoms with Crippen molar-refractivity contribution in [2.45, 2.75) is 32.1 Å². The van der Waals surface area contributed by atoms with Crippen LogP contribution in [0, 0.1) is 0 Å². The predicted octanol–water partition coefficient (Wildman–Crippen LogP) is 3.88. The van der Waals surface area contributed by atoms with E-state index in [0.29, 0.717) is 24.0 Å². The largest absolute Gasteiger partial charge is 0.464 e. The Labute approximate surface area is 148 Å². The maximum Gasteiger partial charge on any atom is 0.332 e. The van der Waals surface area contributed by atoms with E-state index in [0.717, 1.165) is 0 Å². The summed E-state index contributed by atoms with van der Waals surface area (Å²) in [7, 11) is 0. The van der Waals surface area contributed by atoms with Crippen molar-refractivity contribution in [3.8, 4) is 0 Å². The van der Waals surface area contributed by atoms with Gasteiger partial charge in [-0.3, -0.25) is 9.59 Å². The number of rotatable bonds is 8. The van der Waals surface area contributed by atoms with Crippen LogP contribution in [0.25, 0.3) is 0 Å². The highest BCUT2D eigenvalue weighted by molar-refractivity contribution is 6.10. The molecular formula is C21H24O4. The normalized spacial score (nSPS) is 11.0. The minimum Gasteiger partial charge on any atom is -0.464 e. The Hall–Kier alpha value is -2.62. The van der Waals surface area contributed by atoms with E-state index in [-0.39, 0.29) is 13.2 Å². The maximum absolute atomic E-state index is 13.1. The van der Waals surface area contributed by atoms with Gasteiger partial charge in [-0.05, 0) is 24.0 Å². The van der Waals surface area contributed by atoms with Crippen molar-refractivity contribution in [2.24, 2.45) is 0 Å². The molecule has 0 unspecified atom stereocenters. The molecule has 0 aliphatic carbocycles. The van der Waals surface area contributed by atoms with Crippen LogP contribution in [0.15, 0.2) is 60.7 Å². The van der Waals surface area contributed by atoms with Crippen molar-refractivity contribution in [1.29, 1.82) is 0 Å². The highest BCUT2D eigenvalue weighted by Gasteiger charge is 2.52. The SMILES string of the molecule is CCCOC(=O)C(C(=O)OCCC)(c1ccccc1)c1ccccc1. The zero-order valence-corrected chi connectivity index (χ0v) is 14.7. The lowest BCUT2D eigenvalue weighted by Crippen LogP contribution is -2.47. The van der Waals surface area contributed by atoms with Gasteiger partial charge < -0.3 is 9.47 Å². The smallest absolute Gasteiger partial charge is 0.332 e.